The Morgan fingerprint density at radius 3 is 2.55 bits per heavy atom. The van der Waals surface area contributed by atoms with E-state index < -0.39 is 0 Å². The third-order valence-electron chi connectivity index (χ3n) is 3.30. The molecule has 6 nitrogen and oxygen atoms in total. The molecule has 0 aliphatic carbocycles. The summed E-state index contributed by atoms with van der Waals surface area (Å²) in [5.41, 5.74) is 7.43. The normalized spacial score (nSPS) is 10.4. The van der Waals surface area contributed by atoms with E-state index in [2.05, 4.69) is 15.8 Å². The molecule has 3 aromatic rings. The maximum atomic E-state index is 12.0. The highest BCUT2D eigenvalue weighted by atomic mass is 16.2. The number of nitrogens with zero attached hydrogens (tertiary/aromatic N) is 2. The summed E-state index contributed by atoms with van der Waals surface area (Å²) < 4.78 is 1.54. The van der Waals surface area contributed by atoms with E-state index in [1.807, 2.05) is 24.3 Å². The van der Waals surface area contributed by atoms with Crippen LogP contribution in [0.1, 0.15) is 22.1 Å². The van der Waals surface area contributed by atoms with Gasteiger partial charge in [-0.1, -0.05) is 18.2 Å². The van der Waals surface area contributed by atoms with Crippen LogP contribution in [0.5, 0.6) is 0 Å². The maximum absolute atomic E-state index is 12.0. The van der Waals surface area contributed by atoms with Crippen LogP contribution < -0.4 is 10.9 Å². The molecule has 0 saturated heterocycles. The van der Waals surface area contributed by atoms with Crippen molar-refractivity contribution in [3.05, 3.63) is 60.6 Å². The molecule has 0 bridgehead atoms. The Morgan fingerprint density at radius 1 is 1.09 bits per heavy atom. The molecule has 0 fully saturated rings. The van der Waals surface area contributed by atoms with Crippen molar-refractivity contribution >= 4 is 28.4 Å². The van der Waals surface area contributed by atoms with Gasteiger partial charge in [-0.25, -0.2) is 0 Å². The molecule has 2 heterocycles. The van der Waals surface area contributed by atoms with Gasteiger partial charge in [0.2, 0.25) is 5.91 Å². The van der Waals surface area contributed by atoms with Crippen molar-refractivity contribution in [2.45, 2.75) is 6.92 Å². The summed E-state index contributed by atoms with van der Waals surface area (Å²) in [5, 5.41) is 0.854. The van der Waals surface area contributed by atoms with Crippen molar-refractivity contribution in [1.29, 1.82) is 0 Å². The van der Waals surface area contributed by atoms with E-state index >= 15 is 0 Å². The Bertz CT molecular complexity index is 840. The van der Waals surface area contributed by atoms with Gasteiger partial charge in [-0.15, -0.1) is 0 Å². The smallest absolute Gasteiger partial charge is 0.269 e. The molecule has 2 aromatic heterocycles. The van der Waals surface area contributed by atoms with E-state index in [1.54, 1.807) is 30.7 Å². The van der Waals surface area contributed by atoms with Gasteiger partial charge in [-0.05, 0) is 18.2 Å². The van der Waals surface area contributed by atoms with Gasteiger partial charge in [0.05, 0.1) is 11.2 Å². The fourth-order valence-electron chi connectivity index (χ4n) is 2.24. The van der Waals surface area contributed by atoms with E-state index in [0.717, 1.165) is 10.9 Å². The van der Waals surface area contributed by atoms with Crippen LogP contribution in [0.2, 0.25) is 0 Å². The summed E-state index contributed by atoms with van der Waals surface area (Å²) in [7, 11) is 0. The monoisotopic (exact) mass is 294 g/mol. The Hall–Kier alpha value is -3.15. The summed E-state index contributed by atoms with van der Waals surface area (Å²) in [6.45, 7) is 1.49. The standard InChI is InChI=1S/C16H14N4O2/c1-11(21)20-10-14(13-4-2-3-5-15(13)20)18-19-16(22)12-6-8-17-9-7-12/h2-10,18H,1H3,(H,19,22). The van der Waals surface area contributed by atoms with Crippen LogP contribution in [-0.2, 0) is 0 Å². The number of pyridine rings is 1. The molecular weight excluding hydrogens is 280 g/mol. The highest BCUT2D eigenvalue weighted by Crippen LogP contribution is 2.25. The third-order valence-corrected chi connectivity index (χ3v) is 3.30. The number of aromatic nitrogens is 2. The Labute approximate surface area is 126 Å². The summed E-state index contributed by atoms with van der Waals surface area (Å²) in [4.78, 5) is 27.6. The Kier molecular flexibility index (Phi) is 3.57. The highest BCUT2D eigenvalue weighted by Gasteiger charge is 2.11. The summed E-state index contributed by atoms with van der Waals surface area (Å²) in [6.07, 6.45) is 4.77. The summed E-state index contributed by atoms with van der Waals surface area (Å²) >= 11 is 0. The molecule has 3 rings (SSSR count). The summed E-state index contributed by atoms with van der Waals surface area (Å²) in [5.74, 6) is -0.369. The lowest BCUT2D eigenvalue weighted by atomic mass is 10.2. The third kappa shape index (κ3) is 2.54. The number of carbonyl (C=O) groups is 2. The van der Waals surface area contributed by atoms with Crippen molar-refractivity contribution in [3.63, 3.8) is 0 Å². The van der Waals surface area contributed by atoms with Gasteiger partial charge in [0.1, 0.15) is 0 Å². The lowest BCUT2D eigenvalue weighted by Gasteiger charge is -2.07. The van der Waals surface area contributed by atoms with E-state index in [-0.39, 0.29) is 11.8 Å². The van der Waals surface area contributed by atoms with Gasteiger partial charge in [-0.2, -0.15) is 0 Å². The van der Waals surface area contributed by atoms with Crippen molar-refractivity contribution in [1.82, 2.24) is 15.0 Å². The molecule has 0 atom stereocenters. The quantitative estimate of drug-likeness (QED) is 0.728. The molecule has 0 radical (unpaired) electrons. The molecule has 22 heavy (non-hydrogen) atoms. The minimum atomic E-state index is -0.276. The van der Waals surface area contributed by atoms with Crippen LogP contribution in [0.25, 0.3) is 10.9 Å². The second-order valence-electron chi connectivity index (χ2n) is 4.76. The van der Waals surface area contributed by atoms with Gasteiger partial charge in [0, 0.05) is 36.5 Å². The average molecular weight is 294 g/mol. The second kappa shape index (κ2) is 5.69. The van der Waals surface area contributed by atoms with E-state index in [4.69, 9.17) is 0 Å². The fourth-order valence-corrected chi connectivity index (χ4v) is 2.24. The zero-order valence-electron chi connectivity index (χ0n) is 11.9. The molecule has 0 saturated carbocycles. The van der Waals surface area contributed by atoms with E-state index in [0.29, 0.717) is 11.3 Å². The Morgan fingerprint density at radius 2 is 1.82 bits per heavy atom. The number of nitrogens with one attached hydrogen (secondary N) is 2. The first-order valence-corrected chi connectivity index (χ1v) is 6.74. The number of anilines is 1. The van der Waals surface area contributed by atoms with Crippen LogP contribution in [0.3, 0.4) is 0 Å². The van der Waals surface area contributed by atoms with E-state index in [1.165, 1.54) is 11.5 Å². The molecule has 110 valence electrons. The number of benzene rings is 1. The van der Waals surface area contributed by atoms with Gasteiger partial charge >= 0.3 is 0 Å². The van der Waals surface area contributed by atoms with Crippen LogP contribution in [-0.4, -0.2) is 21.4 Å². The molecule has 2 N–H and O–H groups in total. The number of fused-ring (bicyclic) bond motifs is 1. The number of amides is 1. The van der Waals surface area contributed by atoms with Crippen LogP contribution in [0, 0.1) is 0 Å². The number of hydrogen-bond acceptors (Lipinski definition) is 4. The van der Waals surface area contributed by atoms with Gasteiger partial charge < -0.3 is 0 Å². The topological polar surface area (TPSA) is 76.0 Å². The zero-order chi connectivity index (χ0) is 15.5. The minimum absolute atomic E-state index is 0.0929. The number of para-hydroxylation sites is 1. The molecule has 0 aliphatic rings. The van der Waals surface area contributed by atoms with Crippen molar-refractivity contribution in [2.24, 2.45) is 0 Å². The fraction of sp³-hybridized carbons (Fsp3) is 0.0625. The minimum Gasteiger partial charge on any atom is -0.296 e. The first kappa shape index (κ1) is 13.8. The molecule has 0 unspecified atom stereocenters. The second-order valence-corrected chi connectivity index (χ2v) is 4.76. The predicted molar refractivity (Wildman–Crippen MR) is 83.6 cm³/mol. The lowest BCUT2D eigenvalue weighted by Crippen LogP contribution is -2.29. The van der Waals surface area contributed by atoms with Crippen LogP contribution >= 0.6 is 0 Å². The van der Waals surface area contributed by atoms with Gasteiger partial charge in [0.15, 0.2) is 0 Å². The van der Waals surface area contributed by atoms with Crippen LogP contribution in [0.4, 0.5) is 5.69 Å². The molecule has 0 aliphatic heterocycles. The number of carbonyl (C=O) groups excluding carboxylic acids is 2. The number of rotatable bonds is 3. The maximum Gasteiger partial charge on any atom is 0.269 e. The molecule has 1 amide bonds. The number of hydrogen-bond donors (Lipinski definition) is 2. The highest BCUT2D eigenvalue weighted by molar-refractivity contribution is 6.01. The van der Waals surface area contributed by atoms with Crippen LogP contribution in [0.15, 0.2) is 55.0 Å². The van der Waals surface area contributed by atoms with Crippen molar-refractivity contribution < 1.29 is 9.59 Å². The predicted octanol–water partition coefficient (Wildman–Crippen LogP) is 2.45. The lowest BCUT2D eigenvalue weighted by molar-refractivity contribution is 0.0940. The molecular formula is C16H14N4O2. The van der Waals surface area contributed by atoms with Crippen molar-refractivity contribution in [3.8, 4) is 0 Å². The summed E-state index contributed by atoms with van der Waals surface area (Å²) in [6, 6.07) is 10.7. The first-order valence-electron chi connectivity index (χ1n) is 6.74. The number of hydrazine groups is 1. The van der Waals surface area contributed by atoms with Crippen molar-refractivity contribution in [2.75, 3.05) is 5.43 Å². The molecule has 1 aromatic carbocycles. The van der Waals surface area contributed by atoms with Gasteiger partial charge in [-0.3, -0.25) is 30.0 Å². The largest absolute Gasteiger partial charge is 0.296 e. The first-order chi connectivity index (χ1) is 10.7. The van der Waals surface area contributed by atoms with E-state index in [9.17, 15) is 9.59 Å². The Balaban J connectivity index is 1.86. The zero-order valence-corrected chi connectivity index (χ0v) is 11.9. The average Bonchev–Trinajstić information content (AvgIpc) is 2.92. The molecule has 6 heteroatoms. The van der Waals surface area contributed by atoms with Gasteiger partial charge in [0.25, 0.3) is 5.91 Å². The SMILES string of the molecule is CC(=O)n1cc(NNC(=O)c2ccncc2)c2ccccc21. The molecule has 0 spiro atoms.